The van der Waals surface area contributed by atoms with Crippen LogP contribution in [-0.4, -0.2) is 29.9 Å². The van der Waals surface area contributed by atoms with Gasteiger partial charge in [0.25, 0.3) is 0 Å². The van der Waals surface area contributed by atoms with Gasteiger partial charge in [-0.2, -0.15) is 0 Å². The van der Waals surface area contributed by atoms with E-state index in [0.717, 1.165) is 17.0 Å². The zero-order valence-corrected chi connectivity index (χ0v) is 19.6. The molecule has 0 bridgehead atoms. The molecule has 0 saturated heterocycles. The first-order valence-corrected chi connectivity index (χ1v) is 9.28. The van der Waals surface area contributed by atoms with E-state index in [1.165, 1.54) is 0 Å². The maximum absolute atomic E-state index is 12.1. The van der Waals surface area contributed by atoms with Crippen LogP contribution in [0.5, 0.6) is 0 Å². The largest absolute Gasteiger partial charge is 0.444 e. The van der Waals surface area contributed by atoms with E-state index >= 15 is 0 Å². The van der Waals surface area contributed by atoms with Gasteiger partial charge in [-0.05, 0) is 45.4 Å². The van der Waals surface area contributed by atoms with Gasteiger partial charge in [-0.25, -0.2) is 9.98 Å². The zero-order valence-electron chi connectivity index (χ0n) is 16.6. The average Bonchev–Trinajstić information content (AvgIpc) is 2.93. The Kier molecular flexibility index (Phi) is 10.3. The normalized spacial score (nSPS) is 11.0. The summed E-state index contributed by atoms with van der Waals surface area (Å²) >= 11 is 6.14. The summed E-state index contributed by atoms with van der Waals surface area (Å²) in [6.45, 7) is 9.17. The highest BCUT2D eigenvalue weighted by Crippen LogP contribution is 2.22. The minimum Gasteiger partial charge on any atom is -0.444 e. The van der Waals surface area contributed by atoms with E-state index in [4.69, 9.17) is 16.0 Å². The molecule has 0 aliphatic rings. The quantitative estimate of drug-likeness (QED) is 0.293. The van der Waals surface area contributed by atoms with Gasteiger partial charge in [-0.3, -0.25) is 4.79 Å². The number of amides is 1. The summed E-state index contributed by atoms with van der Waals surface area (Å²) in [5.74, 6) is 1.84. The maximum Gasteiger partial charge on any atom is 0.226 e. The molecule has 0 saturated carbocycles. The first-order valence-electron chi connectivity index (χ1n) is 8.90. The minimum atomic E-state index is -0.122. The Labute approximate surface area is 187 Å². The molecule has 0 aliphatic heterocycles. The van der Waals surface area contributed by atoms with Crippen molar-refractivity contribution in [1.82, 2.24) is 15.6 Å². The van der Waals surface area contributed by atoms with Crippen molar-refractivity contribution in [1.29, 1.82) is 0 Å². The lowest BCUT2D eigenvalue weighted by Gasteiger charge is -2.11. The summed E-state index contributed by atoms with van der Waals surface area (Å²) in [6, 6.07) is 5.52. The van der Waals surface area contributed by atoms with Gasteiger partial charge in [0, 0.05) is 19.5 Å². The van der Waals surface area contributed by atoms with E-state index in [2.05, 4.69) is 25.9 Å². The number of carbonyl (C=O) groups is 1. The summed E-state index contributed by atoms with van der Waals surface area (Å²) < 4.78 is 5.52. The first kappa shape index (κ1) is 24.2. The van der Waals surface area contributed by atoms with Crippen molar-refractivity contribution in [3.05, 3.63) is 46.1 Å². The van der Waals surface area contributed by atoms with Crippen LogP contribution >= 0.6 is 35.6 Å². The van der Waals surface area contributed by atoms with Crippen molar-refractivity contribution in [2.75, 3.05) is 18.4 Å². The summed E-state index contributed by atoms with van der Waals surface area (Å²) in [4.78, 5) is 20.8. The minimum absolute atomic E-state index is 0. The Balaban J connectivity index is 0.00000392. The van der Waals surface area contributed by atoms with Gasteiger partial charge >= 0.3 is 0 Å². The van der Waals surface area contributed by atoms with Crippen LogP contribution in [0.15, 0.2) is 27.6 Å². The molecule has 9 heteroatoms. The van der Waals surface area contributed by atoms with Gasteiger partial charge in [-0.15, -0.1) is 24.0 Å². The number of aromatic nitrogens is 1. The first-order chi connectivity index (χ1) is 12.9. The van der Waals surface area contributed by atoms with Gasteiger partial charge in [-0.1, -0.05) is 17.7 Å². The molecule has 1 amide bonds. The molecule has 0 atom stereocenters. The maximum atomic E-state index is 12.1. The molecule has 0 aliphatic carbocycles. The summed E-state index contributed by atoms with van der Waals surface area (Å²) in [7, 11) is 0. The number of halogens is 2. The molecule has 28 heavy (non-hydrogen) atoms. The number of aryl methyl sites for hydroxylation is 3. The molecule has 3 N–H and O–H groups in total. The standard InChI is InChI=1S/C19H26ClN5O2.HI/c1-5-21-19(23-11-18-24-13(3)14(4)27-18)22-9-8-17(26)25-16-7-6-12(2)10-15(16)20;/h6-7,10H,5,8-9,11H2,1-4H3,(H,25,26)(H2,21,22,23);1H. The number of nitrogens with one attached hydrogen (secondary N) is 3. The number of guanidine groups is 1. The number of aliphatic imine (C=N–C) groups is 1. The molecule has 154 valence electrons. The number of rotatable bonds is 7. The molecule has 0 fully saturated rings. The molecule has 0 unspecified atom stereocenters. The van der Waals surface area contributed by atoms with E-state index in [0.29, 0.717) is 42.2 Å². The predicted molar refractivity (Wildman–Crippen MR) is 124 cm³/mol. The van der Waals surface area contributed by atoms with Gasteiger partial charge in [0.1, 0.15) is 12.3 Å². The Morgan fingerprint density at radius 2 is 2.00 bits per heavy atom. The smallest absolute Gasteiger partial charge is 0.226 e. The van der Waals surface area contributed by atoms with Crippen molar-refractivity contribution in [3.8, 4) is 0 Å². The van der Waals surface area contributed by atoms with Crippen LogP contribution in [0.4, 0.5) is 5.69 Å². The fraction of sp³-hybridized carbons (Fsp3) is 0.421. The van der Waals surface area contributed by atoms with Crippen molar-refractivity contribution in [2.24, 2.45) is 4.99 Å². The van der Waals surface area contributed by atoms with Crippen molar-refractivity contribution < 1.29 is 9.21 Å². The second-order valence-electron chi connectivity index (χ2n) is 6.15. The monoisotopic (exact) mass is 519 g/mol. The van der Waals surface area contributed by atoms with Crippen LogP contribution in [0.2, 0.25) is 5.02 Å². The molecule has 2 rings (SSSR count). The fourth-order valence-corrected chi connectivity index (χ4v) is 2.61. The van der Waals surface area contributed by atoms with Gasteiger partial charge < -0.3 is 20.4 Å². The highest BCUT2D eigenvalue weighted by atomic mass is 127. The molecule has 1 heterocycles. The topological polar surface area (TPSA) is 91.6 Å². The average molecular weight is 520 g/mol. The van der Waals surface area contributed by atoms with Crippen LogP contribution in [0, 0.1) is 20.8 Å². The molecule has 1 aromatic carbocycles. The van der Waals surface area contributed by atoms with E-state index in [1.807, 2.05) is 39.8 Å². The number of hydrogen-bond donors (Lipinski definition) is 3. The number of hydrogen-bond acceptors (Lipinski definition) is 4. The number of benzene rings is 1. The highest BCUT2D eigenvalue weighted by molar-refractivity contribution is 14.0. The van der Waals surface area contributed by atoms with Gasteiger partial charge in [0.15, 0.2) is 5.96 Å². The molecule has 1 aromatic heterocycles. The Bertz CT molecular complexity index is 803. The third-order valence-electron chi connectivity index (χ3n) is 3.83. The molecular weight excluding hydrogens is 493 g/mol. The van der Waals surface area contributed by atoms with Crippen molar-refractivity contribution in [3.63, 3.8) is 0 Å². The second kappa shape index (κ2) is 11.9. The predicted octanol–water partition coefficient (Wildman–Crippen LogP) is 3.96. The number of nitrogens with zero attached hydrogens (tertiary/aromatic N) is 2. The molecular formula is C19H27ClIN5O2. The lowest BCUT2D eigenvalue weighted by atomic mass is 10.2. The SMILES string of the molecule is CCNC(=NCc1nc(C)c(C)o1)NCCC(=O)Nc1ccc(C)cc1Cl.I. The number of anilines is 1. The Hall–Kier alpha value is -1.81. The van der Waals surface area contributed by atoms with Gasteiger partial charge in [0.05, 0.1) is 16.4 Å². The lowest BCUT2D eigenvalue weighted by molar-refractivity contribution is -0.116. The van der Waals surface area contributed by atoms with E-state index in [1.54, 1.807) is 6.07 Å². The zero-order chi connectivity index (χ0) is 19.8. The Morgan fingerprint density at radius 1 is 1.25 bits per heavy atom. The van der Waals surface area contributed by atoms with E-state index in [-0.39, 0.29) is 36.3 Å². The van der Waals surface area contributed by atoms with Crippen LogP contribution < -0.4 is 16.0 Å². The lowest BCUT2D eigenvalue weighted by Crippen LogP contribution is -2.38. The van der Waals surface area contributed by atoms with Crippen LogP contribution in [0.25, 0.3) is 0 Å². The fourth-order valence-electron chi connectivity index (χ4n) is 2.32. The van der Waals surface area contributed by atoms with Gasteiger partial charge in [0.2, 0.25) is 11.8 Å². The molecule has 7 nitrogen and oxygen atoms in total. The number of carbonyl (C=O) groups excluding carboxylic acids is 1. The highest BCUT2D eigenvalue weighted by Gasteiger charge is 2.08. The molecule has 0 spiro atoms. The van der Waals surface area contributed by atoms with Crippen LogP contribution in [-0.2, 0) is 11.3 Å². The molecule has 0 radical (unpaired) electrons. The van der Waals surface area contributed by atoms with E-state index < -0.39 is 0 Å². The second-order valence-corrected chi connectivity index (χ2v) is 6.56. The summed E-state index contributed by atoms with van der Waals surface area (Å²) in [5.41, 5.74) is 2.52. The molecule has 2 aromatic rings. The Morgan fingerprint density at radius 3 is 2.61 bits per heavy atom. The summed E-state index contributed by atoms with van der Waals surface area (Å²) in [6.07, 6.45) is 0.284. The summed E-state index contributed by atoms with van der Waals surface area (Å²) in [5, 5.41) is 9.60. The van der Waals surface area contributed by atoms with E-state index in [9.17, 15) is 4.79 Å². The van der Waals surface area contributed by atoms with Crippen molar-refractivity contribution in [2.45, 2.75) is 40.7 Å². The van der Waals surface area contributed by atoms with Crippen LogP contribution in [0.3, 0.4) is 0 Å². The van der Waals surface area contributed by atoms with Crippen molar-refractivity contribution >= 4 is 53.1 Å². The third kappa shape index (κ3) is 7.67. The third-order valence-corrected chi connectivity index (χ3v) is 4.15. The number of oxazole rings is 1. The van der Waals surface area contributed by atoms with Crippen LogP contribution in [0.1, 0.15) is 36.3 Å².